The lowest BCUT2D eigenvalue weighted by Gasteiger charge is -2.32. The summed E-state index contributed by atoms with van der Waals surface area (Å²) < 4.78 is 0. The van der Waals surface area contributed by atoms with Crippen molar-refractivity contribution in [1.82, 2.24) is 4.90 Å². The molecule has 1 aliphatic heterocycles. The van der Waals surface area contributed by atoms with Gasteiger partial charge in [-0.2, -0.15) is 0 Å². The highest BCUT2D eigenvalue weighted by Crippen LogP contribution is 2.30. The van der Waals surface area contributed by atoms with Crippen LogP contribution < -0.4 is 0 Å². The molecular weight excluding hydrogens is 310 g/mol. The molecule has 0 saturated carbocycles. The van der Waals surface area contributed by atoms with Crippen LogP contribution >= 0.6 is 11.6 Å². The van der Waals surface area contributed by atoms with E-state index in [-0.39, 0.29) is 0 Å². The van der Waals surface area contributed by atoms with Crippen molar-refractivity contribution in [3.05, 3.63) is 70.2 Å². The maximum atomic E-state index is 11.0. The maximum absolute atomic E-state index is 11.0. The highest BCUT2D eigenvalue weighted by molar-refractivity contribution is 6.30. The molecule has 1 heterocycles. The number of nitrogens with zero attached hydrogens (tertiary/aromatic N) is 1. The summed E-state index contributed by atoms with van der Waals surface area (Å²) in [4.78, 5) is 13.4. The monoisotopic (exact) mass is 329 g/mol. The molecule has 1 N–H and O–H groups in total. The van der Waals surface area contributed by atoms with Gasteiger partial charge in [0.15, 0.2) is 0 Å². The Kier molecular flexibility index (Phi) is 4.99. The molecule has 1 fully saturated rings. The number of carbonyl (C=O) groups is 1. The first kappa shape index (κ1) is 16.0. The first-order valence-electron chi connectivity index (χ1n) is 7.92. The van der Waals surface area contributed by atoms with E-state index in [0.717, 1.165) is 43.1 Å². The Morgan fingerprint density at radius 3 is 2.57 bits per heavy atom. The van der Waals surface area contributed by atoms with Crippen molar-refractivity contribution in [3.8, 4) is 0 Å². The van der Waals surface area contributed by atoms with E-state index < -0.39 is 5.97 Å². The van der Waals surface area contributed by atoms with Gasteiger partial charge in [0.05, 0.1) is 5.56 Å². The number of hydrogen-bond acceptors (Lipinski definition) is 2. The third-order valence-corrected chi connectivity index (χ3v) is 4.72. The Morgan fingerprint density at radius 1 is 1.13 bits per heavy atom. The van der Waals surface area contributed by atoms with Crippen LogP contribution in [0.25, 0.3) is 0 Å². The van der Waals surface area contributed by atoms with Crippen LogP contribution in [0.15, 0.2) is 48.5 Å². The lowest BCUT2D eigenvalue weighted by atomic mass is 9.89. The Bertz CT molecular complexity index is 693. The lowest BCUT2D eigenvalue weighted by Crippen LogP contribution is -2.32. The van der Waals surface area contributed by atoms with E-state index in [1.54, 1.807) is 12.1 Å². The Morgan fingerprint density at radius 2 is 1.87 bits per heavy atom. The van der Waals surface area contributed by atoms with Gasteiger partial charge in [0, 0.05) is 11.6 Å². The molecule has 0 aliphatic carbocycles. The first-order chi connectivity index (χ1) is 11.1. The number of aromatic carboxylic acids is 1. The zero-order valence-corrected chi connectivity index (χ0v) is 13.7. The van der Waals surface area contributed by atoms with Gasteiger partial charge in [0.2, 0.25) is 0 Å². The average molecular weight is 330 g/mol. The van der Waals surface area contributed by atoms with Gasteiger partial charge < -0.3 is 5.11 Å². The van der Waals surface area contributed by atoms with Crippen molar-refractivity contribution in [2.24, 2.45) is 0 Å². The zero-order chi connectivity index (χ0) is 16.2. The number of carboxylic acids is 1. The summed E-state index contributed by atoms with van der Waals surface area (Å²) in [5.74, 6) is -0.304. The van der Waals surface area contributed by atoms with Crippen molar-refractivity contribution in [2.75, 3.05) is 13.1 Å². The second-order valence-electron chi connectivity index (χ2n) is 6.11. The van der Waals surface area contributed by atoms with Crippen molar-refractivity contribution >= 4 is 17.6 Å². The highest BCUT2D eigenvalue weighted by Gasteiger charge is 2.21. The molecule has 2 aromatic carbocycles. The molecule has 0 aromatic heterocycles. The molecule has 23 heavy (non-hydrogen) atoms. The van der Waals surface area contributed by atoms with Crippen LogP contribution in [0.1, 0.15) is 40.2 Å². The topological polar surface area (TPSA) is 40.5 Å². The number of hydrogen-bond donors (Lipinski definition) is 1. The van der Waals surface area contributed by atoms with Crippen molar-refractivity contribution in [1.29, 1.82) is 0 Å². The second-order valence-corrected chi connectivity index (χ2v) is 6.55. The van der Waals surface area contributed by atoms with E-state index in [0.29, 0.717) is 11.5 Å². The zero-order valence-electron chi connectivity index (χ0n) is 12.9. The maximum Gasteiger partial charge on any atom is 0.335 e. The highest BCUT2D eigenvalue weighted by atomic mass is 35.5. The van der Waals surface area contributed by atoms with E-state index >= 15 is 0 Å². The van der Waals surface area contributed by atoms with Gasteiger partial charge in [-0.15, -0.1) is 0 Å². The van der Waals surface area contributed by atoms with Gasteiger partial charge >= 0.3 is 5.97 Å². The smallest absolute Gasteiger partial charge is 0.335 e. The summed E-state index contributed by atoms with van der Waals surface area (Å²) in [6, 6.07) is 15.4. The number of halogens is 1. The minimum Gasteiger partial charge on any atom is -0.478 e. The van der Waals surface area contributed by atoms with Crippen LogP contribution in [0.3, 0.4) is 0 Å². The van der Waals surface area contributed by atoms with Crippen LogP contribution in [-0.4, -0.2) is 29.1 Å². The molecule has 0 unspecified atom stereocenters. The number of carboxylic acid groups (broad SMARTS) is 1. The summed E-state index contributed by atoms with van der Waals surface area (Å²) in [6.07, 6.45) is 2.22. The van der Waals surface area contributed by atoms with Crippen LogP contribution in [0.2, 0.25) is 5.02 Å². The van der Waals surface area contributed by atoms with E-state index in [1.807, 2.05) is 24.3 Å². The van der Waals surface area contributed by atoms with E-state index in [1.165, 1.54) is 5.56 Å². The SMILES string of the molecule is O=C(O)c1cccc(CN2CCC(c3cccc(Cl)c3)CC2)c1. The quantitative estimate of drug-likeness (QED) is 0.902. The Hall–Kier alpha value is -1.84. The molecule has 2 aromatic rings. The molecule has 120 valence electrons. The van der Waals surface area contributed by atoms with E-state index in [2.05, 4.69) is 17.0 Å². The molecule has 1 aliphatic rings. The fourth-order valence-corrected chi connectivity index (χ4v) is 3.44. The number of likely N-dealkylation sites (tertiary alicyclic amines) is 1. The molecule has 3 nitrogen and oxygen atoms in total. The second kappa shape index (κ2) is 7.16. The molecule has 0 bridgehead atoms. The van der Waals surface area contributed by atoms with Gasteiger partial charge in [-0.05, 0) is 67.2 Å². The van der Waals surface area contributed by atoms with Crippen molar-refractivity contribution in [3.63, 3.8) is 0 Å². The van der Waals surface area contributed by atoms with Crippen LogP contribution in [0.4, 0.5) is 0 Å². The molecule has 0 atom stereocenters. The average Bonchev–Trinajstić information content (AvgIpc) is 2.56. The summed E-state index contributed by atoms with van der Waals surface area (Å²) in [6.45, 7) is 2.85. The van der Waals surface area contributed by atoms with Crippen LogP contribution in [0, 0.1) is 0 Å². The van der Waals surface area contributed by atoms with Gasteiger partial charge in [-0.1, -0.05) is 35.9 Å². The van der Waals surface area contributed by atoms with E-state index in [9.17, 15) is 4.79 Å². The standard InChI is InChI=1S/C19H20ClNO2/c20-18-6-2-4-16(12-18)15-7-9-21(10-8-15)13-14-3-1-5-17(11-14)19(22)23/h1-6,11-12,15H,7-10,13H2,(H,22,23). The minimum atomic E-state index is -0.869. The molecule has 0 spiro atoms. The molecular formula is C19H20ClNO2. The molecule has 0 radical (unpaired) electrons. The fourth-order valence-electron chi connectivity index (χ4n) is 3.25. The summed E-state index contributed by atoms with van der Waals surface area (Å²) in [7, 11) is 0. The Labute approximate surface area is 141 Å². The molecule has 3 rings (SSSR count). The van der Waals surface area contributed by atoms with Gasteiger partial charge in [0.1, 0.15) is 0 Å². The number of rotatable bonds is 4. The molecule has 4 heteroatoms. The third-order valence-electron chi connectivity index (χ3n) is 4.49. The van der Waals surface area contributed by atoms with Gasteiger partial charge in [-0.25, -0.2) is 4.79 Å². The summed E-state index contributed by atoms with van der Waals surface area (Å²) in [5, 5.41) is 9.88. The van der Waals surface area contributed by atoms with Crippen LogP contribution in [-0.2, 0) is 6.54 Å². The van der Waals surface area contributed by atoms with E-state index in [4.69, 9.17) is 16.7 Å². The fraction of sp³-hybridized carbons (Fsp3) is 0.316. The normalized spacial score (nSPS) is 16.4. The number of piperidine rings is 1. The van der Waals surface area contributed by atoms with Crippen molar-refractivity contribution < 1.29 is 9.90 Å². The molecule has 0 amide bonds. The predicted octanol–water partition coefficient (Wildman–Crippen LogP) is 4.42. The predicted molar refractivity (Wildman–Crippen MR) is 92.1 cm³/mol. The Balaban J connectivity index is 1.59. The van der Waals surface area contributed by atoms with Crippen LogP contribution in [0.5, 0.6) is 0 Å². The third kappa shape index (κ3) is 4.12. The minimum absolute atomic E-state index is 0.358. The summed E-state index contributed by atoms with van der Waals surface area (Å²) in [5.41, 5.74) is 2.74. The van der Waals surface area contributed by atoms with Gasteiger partial charge in [-0.3, -0.25) is 4.90 Å². The lowest BCUT2D eigenvalue weighted by molar-refractivity contribution is 0.0696. The van der Waals surface area contributed by atoms with Gasteiger partial charge in [0.25, 0.3) is 0 Å². The first-order valence-corrected chi connectivity index (χ1v) is 8.29. The number of benzene rings is 2. The molecule has 1 saturated heterocycles. The van der Waals surface area contributed by atoms with Crippen molar-refractivity contribution in [2.45, 2.75) is 25.3 Å². The summed E-state index contributed by atoms with van der Waals surface area (Å²) >= 11 is 6.08. The largest absolute Gasteiger partial charge is 0.478 e.